The highest BCUT2D eigenvalue weighted by Gasteiger charge is 2.19. The molecule has 0 aliphatic rings. The molecule has 2 aromatic carbocycles. The lowest BCUT2D eigenvalue weighted by Gasteiger charge is -2.18. The highest BCUT2D eigenvalue weighted by atomic mass is 16.5. The first-order valence-corrected chi connectivity index (χ1v) is 8.86. The average Bonchev–Trinajstić information content (AvgIpc) is 2.95. The van der Waals surface area contributed by atoms with Gasteiger partial charge in [-0.1, -0.05) is 18.2 Å². The number of aromatic nitrogens is 2. The Morgan fingerprint density at radius 1 is 1.25 bits per heavy atom. The van der Waals surface area contributed by atoms with Crippen LogP contribution in [0.25, 0.3) is 11.3 Å². The van der Waals surface area contributed by atoms with Crippen LogP contribution in [0.4, 0.5) is 5.69 Å². The lowest BCUT2D eigenvalue weighted by atomic mass is 10.0. The summed E-state index contributed by atoms with van der Waals surface area (Å²) in [5, 5.41) is 15.3. The number of benzene rings is 2. The monoisotopic (exact) mass is 380 g/mol. The zero-order valence-electron chi connectivity index (χ0n) is 16.4. The number of ether oxygens (including phenoxy) is 1. The molecule has 28 heavy (non-hydrogen) atoms. The van der Waals surface area contributed by atoms with E-state index >= 15 is 0 Å². The molecule has 3 N–H and O–H groups in total. The first-order valence-electron chi connectivity index (χ1n) is 8.86. The molecule has 0 saturated heterocycles. The number of carboxylic acid groups (broad SMARTS) is 1. The van der Waals surface area contributed by atoms with Crippen LogP contribution in [-0.2, 0) is 13.7 Å². The molecule has 7 nitrogen and oxygen atoms in total. The quantitative estimate of drug-likeness (QED) is 0.503. The molecule has 0 saturated carbocycles. The zero-order chi connectivity index (χ0) is 20.4. The van der Waals surface area contributed by atoms with E-state index in [2.05, 4.69) is 5.10 Å². The summed E-state index contributed by atoms with van der Waals surface area (Å²) in [6.07, 6.45) is 0. The highest BCUT2D eigenvalue weighted by molar-refractivity contribution is 5.89. The van der Waals surface area contributed by atoms with Crippen LogP contribution in [0.3, 0.4) is 0 Å². The van der Waals surface area contributed by atoms with Crippen LogP contribution in [0.15, 0.2) is 42.5 Å². The van der Waals surface area contributed by atoms with Crippen LogP contribution < -0.4 is 15.6 Å². The molecule has 0 bridgehead atoms. The highest BCUT2D eigenvalue weighted by Crippen LogP contribution is 2.30. The Hall–Kier alpha value is -3.32. The number of anilines is 1. The molecule has 146 valence electrons. The topological polar surface area (TPSA) is 93.6 Å². The van der Waals surface area contributed by atoms with E-state index in [-0.39, 0.29) is 5.69 Å². The van der Waals surface area contributed by atoms with Gasteiger partial charge in [-0.05, 0) is 43.7 Å². The van der Waals surface area contributed by atoms with Gasteiger partial charge in [-0.2, -0.15) is 5.10 Å². The van der Waals surface area contributed by atoms with E-state index in [1.807, 2.05) is 49.4 Å². The molecule has 0 fully saturated rings. The van der Waals surface area contributed by atoms with Gasteiger partial charge in [0, 0.05) is 30.8 Å². The smallest absolute Gasteiger partial charge is 0.354 e. The number of nitrogens with zero attached hydrogens (tertiary/aromatic N) is 3. The summed E-state index contributed by atoms with van der Waals surface area (Å²) >= 11 is 0. The summed E-state index contributed by atoms with van der Waals surface area (Å²) < 4.78 is 7.40. The number of nitrogens with two attached hydrogens (primary N) is 1. The fourth-order valence-corrected chi connectivity index (χ4v) is 3.29. The largest absolute Gasteiger partial charge is 0.489 e. The van der Waals surface area contributed by atoms with E-state index in [0.717, 1.165) is 28.1 Å². The summed E-state index contributed by atoms with van der Waals surface area (Å²) in [5.74, 6) is 5.64. The van der Waals surface area contributed by atoms with Gasteiger partial charge >= 0.3 is 5.97 Å². The second kappa shape index (κ2) is 7.74. The van der Waals surface area contributed by atoms with Crippen LogP contribution in [0.5, 0.6) is 5.75 Å². The fourth-order valence-electron chi connectivity index (χ4n) is 3.29. The summed E-state index contributed by atoms with van der Waals surface area (Å²) in [4.78, 5) is 11.4. The van der Waals surface area contributed by atoms with E-state index in [1.165, 1.54) is 4.68 Å². The Labute approximate surface area is 163 Å². The molecular weight excluding hydrogens is 356 g/mol. The Morgan fingerprint density at radius 2 is 1.96 bits per heavy atom. The van der Waals surface area contributed by atoms with Gasteiger partial charge in [-0.3, -0.25) is 4.68 Å². The third-order valence-corrected chi connectivity index (χ3v) is 4.69. The molecule has 1 heterocycles. The van der Waals surface area contributed by atoms with Crippen molar-refractivity contribution in [3.05, 3.63) is 64.8 Å². The molecule has 3 aromatic rings. The number of hydrazine groups is 1. The summed E-state index contributed by atoms with van der Waals surface area (Å²) in [7, 11) is 3.43. The van der Waals surface area contributed by atoms with Crippen molar-refractivity contribution < 1.29 is 14.6 Å². The molecule has 0 atom stereocenters. The predicted molar refractivity (Wildman–Crippen MR) is 108 cm³/mol. The SMILES string of the molecule is Cc1cc(-c2nn(C)c(C(=O)O)c2C)ccc1OCc1ccccc1N(C)N. The van der Waals surface area contributed by atoms with Crippen molar-refractivity contribution in [3.8, 4) is 17.0 Å². The lowest BCUT2D eigenvalue weighted by Crippen LogP contribution is -2.26. The number of carbonyl (C=O) groups is 1. The first kappa shape index (κ1) is 19.4. The number of rotatable bonds is 6. The molecule has 0 spiro atoms. The third kappa shape index (κ3) is 3.70. The Kier molecular flexibility index (Phi) is 5.37. The van der Waals surface area contributed by atoms with Crippen molar-refractivity contribution in [1.29, 1.82) is 0 Å². The number of hydrogen-bond donors (Lipinski definition) is 2. The molecule has 1 aromatic heterocycles. The summed E-state index contributed by atoms with van der Waals surface area (Å²) in [6.45, 7) is 4.12. The molecule has 7 heteroatoms. The zero-order valence-corrected chi connectivity index (χ0v) is 16.4. The number of aryl methyl sites for hydroxylation is 2. The molecule has 0 unspecified atom stereocenters. The van der Waals surface area contributed by atoms with Crippen molar-refractivity contribution >= 4 is 11.7 Å². The minimum atomic E-state index is -0.987. The van der Waals surface area contributed by atoms with Crippen LogP contribution >= 0.6 is 0 Å². The fraction of sp³-hybridized carbons (Fsp3) is 0.238. The summed E-state index contributed by atoms with van der Waals surface area (Å²) in [6, 6.07) is 13.5. The van der Waals surface area contributed by atoms with Crippen molar-refractivity contribution in [1.82, 2.24) is 9.78 Å². The van der Waals surface area contributed by atoms with E-state index in [1.54, 1.807) is 26.0 Å². The third-order valence-electron chi connectivity index (χ3n) is 4.69. The lowest BCUT2D eigenvalue weighted by molar-refractivity contribution is 0.0684. The second-order valence-corrected chi connectivity index (χ2v) is 6.76. The maximum atomic E-state index is 11.4. The molecular formula is C21H24N4O3. The number of aromatic carboxylic acids is 1. The first-order chi connectivity index (χ1) is 13.3. The maximum absolute atomic E-state index is 11.4. The Balaban J connectivity index is 1.84. The normalized spacial score (nSPS) is 10.8. The van der Waals surface area contributed by atoms with Crippen LogP contribution in [0.1, 0.15) is 27.2 Å². The van der Waals surface area contributed by atoms with Crippen LogP contribution in [0, 0.1) is 13.8 Å². The number of hydrogen-bond acceptors (Lipinski definition) is 5. The molecule has 0 amide bonds. The Bertz CT molecular complexity index is 1020. The van der Waals surface area contributed by atoms with Gasteiger partial charge in [0.15, 0.2) is 0 Å². The van der Waals surface area contributed by atoms with Crippen LogP contribution in [-0.4, -0.2) is 27.9 Å². The molecule has 3 rings (SSSR count). The van der Waals surface area contributed by atoms with Gasteiger partial charge < -0.3 is 14.9 Å². The standard InChI is InChI=1S/C21H24N4O3/c1-13-11-15(19-14(2)20(21(26)27)25(4)23-19)9-10-18(13)28-12-16-7-5-6-8-17(16)24(3)22/h5-11H,12,22H2,1-4H3,(H,26,27). The van der Waals surface area contributed by atoms with E-state index in [9.17, 15) is 9.90 Å². The van der Waals surface area contributed by atoms with E-state index < -0.39 is 5.97 Å². The Morgan fingerprint density at radius 3 is 2.57 bits per heavy atom. The number of carboxylic acids is 1. The average molecular weight is 380 g/mol. The van der Waals surface area contributed by atoms with E-state index in [0.29, 0.717) is 17.9 Å². The minimum Gasteiger partial charge on any atom is -0.489 e. The predicted octanol–water partition coefficient (Wildman–Crippen LogP) is 3.29. The number of para-hydroxylation sites is 1. The van der Waals surface area contributed by atoms with Crippen molar-refractivity contribution in [2.45, 2.75) is 20.5 Å². The minimum absolute atomic E-state index is 0.190. The van der Waals surface area contributed by atoms with Gasteiger partial charge in [0.1, 0.15) is 18.1 Å². The van der Waals surface area contributed by atoms with Gasteiger partial charge in [0.05, 0.1) is 11.4 Å². The van der Waals surface area contributed by atoms with Crippen molar-refractivity contribution in [2.75, 3.05) is 12.1 Å². The van der Waals surface area contributed by atoms with Crippen LogP contribution in [0.2, 0.25) is 0 Å². The van der Waals surface area contributed by atoms with Crippen molar-refractivity contribution in [2.24, 2.45) is 12.9 Å². The second-order valence-electron chi connectivity index (χ2n) is 6.76. The van der Waals surface area contributed by atoms with Gasteiger partial charge in [-0.25, -0.2) is 10.6 Å². The van der Waals surface area contributed by atoms with Gasteiger partial charge in [0.2, 0.25) is 0 Å². The van der Waals surface area contributed by atoms with Gasteiger partial charge in [-0.15, -0.1) is 0 Å². The molecule has 0 radical (unpaired) electrons. The van der Waals surface area contributed by atoms with Crippen molar-refractivity contribution in [3.63, 3.8) is 0 Å². The van der Waals surface area contributed by atoms with E-state index in [4.69, 9.17) is 10.6 Å². The summed E-state index contributed by atoms with van der Waals surface area (Å²) in [5.41, 5.74) is 5.18. The molecule has 0 aliphatic heterocycles. The molecule has 0 aliphatic carbocycles. The van der Waals surface area contributed by atoms with Gasteiger partial charge in [0.25, 0.3) is 0 Å². The maximum Gasteiger partial charge on any atom is 0.354 e.